The molecule has 2 rings (SSSR count). The van der Waals surface area contributed by atoms with E-state index in [1.807, 2.05) is 17.0 Å². The first-order valence-corrected chi connectivity index (χ1v) is 5.83. The van der Waals surface area contributed by atoms with Gasteiger partial charge in [-0.05, 0) is 24.6 Å². The SMILES string of the molecule is CC1C(=O)NC(=O)CN1C(CN)c1ccncc1. The largest absolute Gasteiger partial charge is 0.329 e. The molecule has 1 aliphatic heterocycles. The minimum absolute atomic E-state index is 0.155. The maximum Gasteiger partial charge on any atom is 0.243 e. The van der Waals surface area contributed by atoms with Crippen molar-refractivity contribution in [1.29, 1.82) is 0 Å². The van der Waals surface area contributed by atoms with Crippen LogP contribution in [0.25, 0.3) is 0 Å². The van der Waals surface area contributed by atoms with Gasteiger partial charge in [0.2, 0.25) is 11.8 Å². The van der Waals surface area contributed by atoms with Gasteiger partial charge >= 0.3 is 0 Å². The predicted octanol–water partition coefficient (Wildman–Crippen LogP) is -0.572. The summed E-state index contributed by atoms with van der Waals surface area (Å²) in [5, 5.41) is 2.32. The van der Waals surface area contributed by atoms with Crippen LogP contribution in [0, 0.1) is 0 Å². The first-order chi connectivity index (χ1) is 8.63. The van der Waals surface area contributed by atoms with Crippen molar-refractivity contribution < 1.29 is 9.59 Å². The number of piperazine rings is 1. The standard InChI is InChI=1S/C12H16N4O2/c1-8-12(18)15-11(17)7-16(8)10(6-13)9-2-4-14-5-3-9/h2-5,8,10H,6-7,13H2,1H3,(H,15,17,18). The smallest absolute Gasteiger partial charge is 0.243 e. The Hall–Kier alpha value is -1.79. The van der Waals surface area contributed by atoms with Gasteiger partial charge in [0.25, 0.3) is 0 Å². The lowest BCUT2D eigenvalue weighted by Gasteiger charge is -2.37. The average molecular weight is 248 g/mol. The Kier molecular flexibility index (Phi) is 3.69. The van der Waals surface area contributed by atoms with E-state index in [9.17, 15) is 9.59 Å². The van der Waals surface area contributed by atoms with Crippen molar-refractivity contribution in [2.24, 2.45) is 5.73 Å². The number of amides is 2. The Bertz CT molecular complexity index is 449. The highest BCUT2D eigenvalue weighted by Crippen LogP contribution is 2.22. The fraction of sp³-hybridized carbons (Fsp3) is 0.417. The fourth-order valence-corrected chi connectivity index (χ4v) is 2.16. The first kappa shape index (κ1) is 12.7. The second-order valence-electron chi connectivity index (χ2n) is 4.29. The first-order valence-electron chi connectivity index (χ1n) is 5.83. The van der Waals surface area contributed by atoms with Gasteiger partial charge in [-0.3, -0.25) is 24.8 Å². The van der Waals surface area contributed by atoms with Crippen LogP contribution in [0.5, 0.6) is 0 Å². The van der Waals surface area contributed by atoms with Gasteiger partial charge in [0.1, 0.15) is 0 Å². The molecule has 2 amide bonds. The molecule has 3 N–H and O–H groups in total. The third-order valence-corrected chi connectivity index (χ3v) is 3.18. The summed E-state index contributed by atoms with van der Waals surface area (Å²) in [6, 6.07) is 3.17. The maximum absolute atomic E-state index is 11.6. The quantitative estimate of drug-likeness (QED) is 0.699. The maximum atomic E-state index is 11.6. The van der Waals surface area contributed by atoms with Crippen molar-refractivity contribution in [3.05, 3.63) is 30.1 Å². The molecule has 2 heterocycles. The molecular weight excluding hydrogens is 232 g/mol. The van der Waals surface area contributed by atoms with E-state index in [0.29, 0.717) is 6.54 Å². The van der Waals surface area contributed by atoms with E-state index < -0.39 is 0 Å². The van der Waals surface area contributed by atoms with E-state index in [2.05, 4.69) is 10.3 Å². The van der Waals surface area contributed by atoms with Crippen molar-refractivity contribution >= 4 is 11.8 Å². The number of nitrogens with zero attached hydrogens (tertiary/aromatic N) is 2. The molecule has 6 heteroatoms. The number of imide groups is 1. The Morgan fingerprint density at radius 1 is 1.50 bits per heavy atom. The number of carbonyl (C=O) groups is 2. The number of aromatic nitrogens is 1. The molecular formula is C12H16N4O2. The van der Waals surface area contributed by atoms with Gasteiger partial charge in [-0.1, -0.05) is 0 Å². The number of pyridine rings is 1. The lowest BCUT2D eigenvalue weighted by atomic mass is 10.0. The minimum atomic E-state index is -0.371. The molecule has 18 heavy (non-hydrogen) atoms. The summed E-state index contributed by atoms with van der Waals surface area (Å²) in [5.74, 6) is -0.565. The minimum Gasteiger partial charge on any atom is -0.329 e. The van der Waals surface area contributed by atoms with E-state index in [0.717, 1.165) is 5.56 Å². The van der Waals surface area contributed by atoms with Gasteiger partial charge in [-0.2, -0.15) is 0 Å². The Balaban J connectivity index is 2.27. The number of nitrogens with one attached hydrogen (secondary N) is 1. The summed E-state index contributed by atoms with van der Waals surface area (Å²) in [4.78, 5) is 28.9. The second-order valence-corrected chi connectivity index (χ2v) is 4.29. The number of carbonyl (C=O) groups excluding carboxylic acids is 2. The molecule has 0 aliphatic carbocycles. The molecule has 2 atom stereocenters. The van der Waals surface area contributed by atoms with Crippen LogP contribution in [0.15, 0.2) is 24.5 Å². The molecule has 1 aromatic rings. The molecule has 6 nitrogen and oxygen atoms in total. The Labute approximate surface area is 105 Å². The lowest BCUT2D eigenvalue weighted by molar-refractivity contribution is -0.140. The molecule has 0 bridgehead atoms. The topological polar surface area (TPSA) is 88.3 Å². The molecule has 0 aromatic carbocycles. The van der Waals surface area contributed by atoms with E-state index >= 15 is 0 Å². The van der Waals surface area contributed by atoms with Crippen molar-refractivity contribution in [2.45, 2.75) is 19.0 Å². The zero-order valence-corrected chi connectivity index (χ0v) is 10.2. The van der Waals surface area contributed by atoms with Crippen LogP contribution in [0.3, 0.4) is 0 Å². The highest BCUT2D eigenvalue weighted by atomic mass is 16.2. The monoisotopic (exact) mass is 248 g/mol. The Morgan fingerprint density at radius 3 is 2.78 bits per heavy atom. The van der Waals surface area contributed by atoms with Gasteiger partial charge in [0.05, 0.1) is 12.6 Å². The van der Waals surface area contributed by atoms with Crippen LogP contribution in [0.2, 0.25) is 0 Å². The summed E-state index contributed by atoms with van der Waals surface area (Å²) < 4.78 is 0. The molecule has 1 saturated heterocycles. The molecule has 1 aliphatic rings. The number of rotatable bonds is 3. The molecule has 2 unspecified atom stereocenters. The van der Waals surface area contributed by atoms with E-state index in [1.165, 1.54) is 0 Å². The summed E-state index contributed by atoms with van der Waals surface area (Å²) in [6.45, 7) is 2.29. The molecule has 0 radical (unpaired) electrons. The third-order valence-electron chi connectivity index (χ3n) is 3.18. The second kappa shape index (κ2) is 5.24. The van der Waals surface area contributed by atoms with Crippen LogP contribution in [0.4, 0.5) is 0 Å². The van der Waals surface area contributed by atoms with Crippen LogP contribution in [-0.4, -0.2) is 40.8 Å². The predicted molar refractivity (Wildman–Crippen MR) is 65.4 cm³/mol. The molecule has 1 aromatic heterocycles. The van der Waals surface area contributed by atoms with Gasteiger partial charge in [0.15, 0.2) is 0 Å². The van der Waals surface area contributed by atoms with Gasteiger partial charge < -0.3 is 5.73 Å². The number of hydrogen-bond donors (Lipinski definition) is 2. The van der Waals surface area contributed by atoms with Gasteiger partial charge in [0, 0.05) is 25.0 Å². The zero-order valence-electron chi connectivity index (χ0n) is 10.2. The zero-order chi connectivity index (χ0) is 13.1. The summed E-state index contributed by atoms with van der Waals surface area (Å²) >= 11 is 0. The van der Waals surface area contributed by atoms with E-state index in [1.54, 1.807) is 19.3 Å². The van der Waals surface area contributed by atoms with Crippen LogP contribution in [0.1, 0.15) is 18.5 Å². The van der Waals surface area contributed by atoms with E-state index in [-0.39, 0.29) is 30.4 Å². The highest BCUT2D eigenvalue weighted by molar-refractivity contribution is 6.00. The normalized spacial score (nSPS) is 22.7. The van der Waals surface area contributed by atoms with Crippen LogP contribution >= 0.6 is 0 Å². The summed E-state index contributed by atoms with van der Waals surface area (Å²) in [7, 11) is 0. The van der Waals surface area contributed by atoms with Gasteiger partial charge in [-0.25, -0.2) is 0 Å². The van der Waals surface area contributed by atoms with Crippen molar-refractivity contribution in [1.82, 2.24) is 15.2 Å². The van der Waals surface area contributed by atoms with Gasteiger partial charge in [-0.15, -0.1) is 0 Å². The summed E-state index contributed by atoms with van der Waals surface area (Å²) in [5.41, 5.74) is 6.74. The van der Waals surface area contributed by atoms with Crippen molar-refractivity contribution in [2.75, 3.05) is 13.1 Å². The third kappa shape index (κ3) is 2.39. The molecule has 1 fully saturated rings. The highest BCUT2D eigenvalue weighted by Gasteiger charge is 2.34. The Morgan fingerprint density at radius 2 is 2.17 bits per heavy atom. The number of hydrogen-bond acceptors (Lipinski definition) is 5. The average Bonchev–Trinajstić information content (AvgIpc) is 2.37. The van der Waals surface area contributed by atoms with Crippen LogP contribution < -0.4 is 11.1 Å². The number of nitrogens with two attached hydrogens (primary N) is 1. The van der Waals surface area contributed by atoms with E-state index in [4.69, 9.17) is 5.73 Å². The van der Waals surface area contributed by atoms with Crippen molar-refractivity contribution in [3.63, 3.8) is 0 Å². The molecule has 0 spiro atoms. The fourth-order valence-electron chi connectivity index (χ4n) is 2.16. The summed E-state index contributed by atoms with van der Waals surface area (Å²) in [6.07, 6.45) is 3.35. The van der Waals surface area contributed by atoms with Crippen LogP contribution in [-0.2, 0) is 9.59 Å². The molecule has 0 saturated carbocycles. The van der Waals surface area contributed by atoms with Crippen molar-refractivity contribution in [3.8, 4) is 0 Å². The molecule has 96 valence electrons. The lowest BCUT2D eigenvalue weighted by Crippen LogP contribution is -2.58.